The number of benzene rings is 2. The lowest BCUT2D eigenvalue weighted by Crippen LogP contribution is -2.11. The van der Waals surface area contributed by atoms with Crippen molar-refractivity contribution in [3.63, 3.8) is 0 Å². The van der Waals surface area contributed by atoms with Crippen molar-refractivity contribution in [1.29, 1.82) is 0 Å². The van der Waals surface area contributed by atoms with Crippen molar-refractivity contribution in [3.8, 4) is 11.5 Å². The molecular formula is C18H16BrNO3. The fourth-order valence-electron chi connectivity index (χ4n) is 2.48. The molecule has 0 radical (unpaired) electrons. The second-order valence-electron chi connectivity index (χ2n) is 5.67. The number of fused-ring (bicyclic) bond motifs is 1. The third kappa shape index (κ3) is 3.16. The van der Waals surface area contributed by atoms with Gasteiger partial charge in [-0.3, -0.25) is 4.79 Å². The predicted molar refractivity (Wildman–Crippen MR) is 92.6 cm³/mol. The van der Waals surface area contributed by atoms with Gasteiger partial charge in [0.2, 0.25) is 5.78 Å². The highest BCUT2D eigenvalue weighted by molar-refractivity contribution is 9.10. The highest BCUT2D eigenvalue weighted by Gasteiger charge is 2.31. The summed E-state index contributed by atoms with van der Waals surface area (Å²) in [6, 6.07) is 10.8. The van der Waals surface area contributed by atoms with Gasteiger partial charge in [0.1, 0.15) is 11.5 Å². The maximum Gasteiger partial charge on any atom is 0.231 e. The lowest BCUT2D eigenvalue weighted by Gasteiger charge is -2.13. The molecule has 0 amide bonds. The van der Waals surface area contributed by atoms with Crippen LogP contribution in [0.25, 0.3) is 6.08 Å². The van der Waals surface area contributed by atoms with Gasteiger partial charge in [0.15, 0.2) is 5.76 Å². The first-order chi connectivity index (χ1) is 11.0. The van der Waals surface area contributed by atoms with Crippen LogP contribution in [0.2, 0.25) is 0 Å². The predicted octanol–water partition coefficient (Wildman–Crippen LogP) is 3.83. The molecule has 0 bridgehead atoms. The van der Waals surface area contributed by atoms with E-state index in [9.17, 15) is 9.90 Å². The molecule has 0 atom stereocenters. The summed E-state index contributed by atoms with van der Waals surface area (Å²) in [5, 5.41) is 10.1. The van der Waals surface area contributed by atoms with Crippen LogP contribution in [-0.2, 0) is 6.54 Å². The van der Waals surface area contributed by atoms with E-state index < -0.39 is 0 Å². The monoisotopic (exact) mass is 373 g/mol. The third-order valence-corrected chi connectivity index (χ3v) is 4.09. The average molecular weight is 374 g/mol. The maximum atomic E-state index is 12.5. The zero-order valence-corrected chi connectivity index (χ0v) is 14.4. The van der Waals surface area contributed by atoms with Crippen LogP contribution in [-0.4, -0.2) is 29.9 Å². The Morgan fingerprint density at radius 1 is 1.17 bits per heavy atom. The first-order valence-corrected chi connectivity index (χ1v) is 7.94. The maximum absolute atomic E-state index is 12.5. The van der Waals surface area contributed by atoms with Gasteiger partial charge in [0, 0.05) is 11.0 Å². The van der Waals surface area contributed by atoms with Crippen LogP contribution >= 0.6 is 15.9 Å². The Hall–Kier alpha value is -2.11. The lowest BCUT2D eigenvalue weighted by molar-refractivity contribution is 0.101. The Morgan fingerprint density at radius 3 is 2.52 bits per heavy atom. The number of allylic oxidation sites excluding steroid dienone is 1. The number of aromatic hydroxyl groups is 1. The van der Waals surface area contributed by atoms with Crippen LogP contribution < -0.4 is 4.74 Å². The van der Waals surface area contributed by atoms with Crippen molar-refractivity contribution in [2.24, 2.45) is 0 Å². The molecule has 0 unspecified atom stereocenters. The summed E-state index contributed by atoms with van der Waals surface area (Å²) >= 11 is 3.38. The Labute approximate surface area is 143 Å². The van der Waals surface area contributed by atoms with Gasteiger partial charge in [-0.05, 0) is 50.0 Å². The summed E-state index contributed by atoms with van der Waals surface area (Å²) in [5.74, 6) is 0.693. The molecule has 1 aliphatic rings. The molecule has 1 N–H and O–H groups in total. The van der Waals surface area contributed by atoms with Gasteiger partial charge in [-0.25, -0.2) is 0 Å². The molecule has 2 aromatic carbocycles. The van der Waals surface area contributed by atoms with Crippen LogP contribution in [0.15, 0.2) is 46.6 Å². The normalized spacial score (nSPS) is 15.1. The van der Waals surface area contributed by atoms with Gasteiger partial charge in [-0.15, -0.1) is 0 Å². The number of hydrogen-bond acceptors (Lipinski definition) is 4. The average Bonchev–Trinajstić information content (AvgIpc) is 2.81. The Bertz CT molecular complexity index is 795. The van der Waals surface area contributed by atoms with E-state index in [1.54, 1.807) is 18.2 Å². The van der Waals surface area contributed by atoms with E-state index in [0.717, 1.165) is 10.0 Å². The minimum atomic E-state index is -0.164. The van der Waals surface area contributed by atoms with Crippen LogP contribution in [0.1, 0.15) is 21.5 Å². The molecule has 2 aromatic rings. The zero-order valence-electron chi connectivity index (χ0n) is 12.8. The fraction of sp³-hybridized carbons (Fsp3) is 0.167. The standard InChI is InChI=1S/C18H16BrNO3/c1-20(2)10-14-15(21)8-7-13-17(22)16(23-18(13)14)9-11-3-5-12(19)6-4-11/h3-9,21H,10H2,1-2H3/b16-9-. The van der Waals surface area contributed by atoms with Crippen molar-refractivity contribution < 1.29 is 14.6 Å². The second kappa shape index (κ2) is 6.18. The number of ketones is 1. The van der Waals surface area contributed by atoms with Gasteiger partial charge >= 0.3 is 0 Å². The minimum Gasteiger partial charge on any atom is -0.507 e. The summed E-state index contributed by atoms with van der Waals surface area (Å²) in [4.78, 5) is 14.4. The molecule has 0 saturated carbocycles. The number of phenols is 1. The molecule has 0 saturated heterocycles. The fourth-order valence-corrected chi connectivity index (χ4v) is 2.74. The summed E-state index contributed by atoms with van der Waals surface area (Å²) in [6.45, 7) is 0.494. The van der Waals surface area contributed by atoms with E-state index in [0.29, 0.717) is 23.4 Å². The molecular weight excluding hydrogens is 358 g/mol. The van der Waals surface area contributed by atoms with Gasteiger partial charge in [-0.1, -0.05) is 28.1 Å². The summed E-state index contributed by atoms with van der Waals surface area (Å²) < 4.78 is 6.75. The first kappa shape index (κ1) is 15.8. The van der Waals surface area contributed by atoms with Gasteiger partial charge in [-0.2, -0.15) is 0 Å². The quantitative estimate of drug-likeness (QED) is 0.830. The van der Waals surface area contributed by atoms with E-state index in [-0.39, 0.29) is 17.3 Å². The van der Waals surface area contributed by atoms with Crippen LogP contribution in [0.5, 0.6) is 11.5 Å². The number of hydrogen-bond donors (Lipinski definition) is 1. The topological polar surface area (TPSA) is 49.8 Å². The van der Waals surface area contributed by atoms with E-state index in [1.807, 2.05) is 43.3 Å². The molecule has 3 rings (SSSR count). The van der Waals surface area contributed by atoms with E-state index in [1.165, 1.54) is 0 Å². The number of Topliss-reactive ketones (excluding diaryl/α,β-unsaturated/α-hetero) is 1. The van der Waals surface area contributed by atoms with E-state index in [4.69, 9.17) is 4.74 Å². The third-order valence-electron chi connectivity index (χ3n) is 3.56. The number of nitrogens with zero attached hydrogens (tertiary/aromatic N) is 1. The number of phenolic OH excluding ortho intramolecular Hbond substituents is 1. The molecule has 0 aliphatic carbocycles. The van der Waals surface area contributed by atoms with Crippen molar-refractivity contribution in [2.45, 2.75) is 6.54 Å². The molecule has 4 nitrogen and oxygen atoms in total. The number of carbonyl (C=O) groups is 1. The Balaban J connectivity index is 2.00. The summed E-state index contributed by atoms with van der Waals surface area (Å²) in [7, 11) is 3.79. The molecule has 1 aliphatic heterocycles. The molecule has 23 heavy (non-hydrogen) atoms. The first-order valence-electron chi connectivity index (χ1n) is 7.15. The van der Waals surface area contributed by atoms with Crippen molar-refractivity contribution in [2.75, 3.05) is 14.1 Å². The lowest BCUT2D eigenvalue weighted by atomic mass is 10.0. The number of carbonyl (C=O) groups excluding carboxylic acids is 1. The Morgan fingerprint density at radius 2 is 1.87 bits per heavy atom. The van der Waals surface area contributed by atoms with Crippen molar-refractivity contribution in [1.82, 2.24) is 4.90 Å². The number of halogens is 1. The van der Waals surface area contributed by atoms with E-state index in [2.05, 4.69) is 15.9 Å². The van der Waals surface area contributed by atoms with Crippen molar-refractivity contribution in [3.05, 3.63) is 63.3 Å². The van der Waals surface area contributed by atoms with E-state index >= 15 is 0 Å². The van der Waals surface area contributed by atoms with Crippen molar-refractivity contribution >= 4 is 27.8 Å². The summed E-state index contributed by atoms with van der Waals surface area (Å²) in [5.41, 5.74) is 1.99. The number of ether oxygens (including phenoxy) is 1. The highest BCUT2D eigenvalue weighted by atomic mass is 79.9. The molecule has 0 spiro atoms. The highest BCUT2D eigenvalue weighted by Crippen LogP contribution is 2.39. The number of rotatable bonds is 3. The van der Waals surface area contributed by atoms with Crippen LogP contribution in [0.3, 0.4) is 0 Å². The van der Waals surface area contributed by atoms with Gasteiger partial charge in [0.25, 0.3) is 0 Å². The molecule has 0 aromatic heterocycles. The molecule has 5 heteroatoms. The van der Waals surface area contributed by atoms with Crippen LogP contribution in [0.4, 0.5) is 0 Å². The largest absolute Gasteiger partial charge is 0.507 e. The van der Waals surface area contributed by atoms with Gasteiger partial charge in [0.05, 0.1) is 11.1 Å². The molecule has 1 heterocycles. The van der Waals surface area contributed by atoms with Crippen LogP contribution in [0, 0.1) is 0 Å². The van der Waals surface area contributed by atoms with Gasteiger partial charge < -0.3 is 14.7 Å². The minimum absolute atomic E-state index is 0.134. The molecule has 118 valence electrons. The SMILES string of the molecule is CN(C)Cc1c(O)ccc2c1O/C(=C\c1ccc(Br)cc1)C2=O. The summed E-state index contributed by atoms with van der Waals surface area (Å²) in [6.07, 6.45) is 1.71. The Kier molecular flexibility index (Phi) is 4.24. The molecule has 0 fully saturated rings. The zero-order chi connectivity index (χ0) is 16.6. The smallest absolute Gasteiger partial charge is 0.231 e. The second-order valence-corrected chi connectivity index (χ2v) is 6.58.